The van der Waals surface area contributed by atoms with Crippen LogP contribution in [0.5, 0.6) is 0 Å². The summed E-state index contributed by atoms with van der Waals surface area (Å²) >= 11 is 0. The van der Waals surface area contributed by atoms with Crippen molar-refractivity contribution >= 4 is 47.1 Å². The van der Waals surface area contributed by atoms with Gasteiger partial charge in [-0.15, -0.1) is 27.4 Å². The standard InChI is InChI=1S/C30H36B6/c1-10-13-24(17-16-18(3)4)21(7)19(5)14-12-15-20(6)22(8)26(32)30(36)28(34)23(9)27(33)29(35)25(31)11-2/h10-19H,8H2,1-7,9H3/b13-10-,14-12-,17-16-,20-15+,24-21+,25-11+,28-23-,29-27-,30-26-/t19-/m1/s1. The zero-order valence-electron chi connectivity index (χ0n) is 23.4. The van der Waals surface area contributed by atoms with Gasteiger partial charge in [0.15, 0.2) is 0 Å². The third-order valence-corrected chi connectivity index (χ3v) is 5.99. The molecule has 0 aliphatic rings. The zero-order valence-corrected chi connectivity index (χ0v) is 23.4. The van der Waals surface area contributed by atoms with Crippen LogP contribution in [0.3, 0.4) is 0 Å². The summed E-state index contributed by atoms with van der Waals surface area (Å²) in [6.45, 7) is 20.2. The summed E-state index contributed by atoms with van der Waals surface area (Å²) in [5.41, 5.74) is 5.96. The smallest absolute Gasteiger partial charge is 0.111 e. The van der Waals surface area contributed by atoms with Gasteiger partial charge in [-0.3, -0.25) is 0 Å². The van der Waals surface area contributed by atoms with E-state index in [2.05, 4.69) is 64.7 Å². The van der Waals surface area contributed by atoms with Crippen molar-refractivity contribution in [2.75, 3.05) is 0 Å². The quantitative estimate of drug-likeness (QED) is 0.247. The van der Waals surface area contributed by atoms with Gasteiger partial charge in [-0.25, -0.2) is 0 Å². The summed E-state index contributed by atoms with van der Waals surface area (Å²) in [6.07, 6.45) is 16.3. The van der Waals surface area contributed by atoms with E-state index in [9.17, 15) is 0 Å². The Kier molecular flexibility index (Phi) is 15.5. The maximum absolute atomic E-state index is 6.30. The van der Waals surface area contributed by atoms with Gasteiger partial charge in [0.25, 0.3) is 0 Å². The van der Waals surface area contributed by atoms with Gasteiger partial charge in [-0.1, -0.05) is 92.6 Å². The van der Waals surface area contributed by atoms with E-state index in [1.165, 1.54) is 11.1 Å². The third-order valence-electron chi connectivity index (χ3n) is 5.99. The molecular weight excluding hydrogens is 425 g/mol. The van der Waals surface area contributed by atoms with Gasteiger partial charge in [-0.05, 0) is 63.2 Å². The van der Waals surface area contributed by atoms with E-state index < -0.39 is 0 Å². The van der Waals surface area contributed by atoms with Crippen molar-refractivity contribution in [3.8, 4) is 0 Å². The van der Waals surface area contributed by atoms with Crippen molar-refractivity contribution in [2.45, 2.75) is 55.4 Å². The Morgan fingerprint density at radius 2 is 1.31 bits per heavy atom. The SMILES string of the molecule is [B]C(=C/C)/C([B])=C([B])\C(C)=C([B])\C([B])=C(\[B])C(=C)/C(C)=C/C=C\[C@@H](C)/C(C)=C(\C=C/C)/C=C\C(C)C. The minimum Gasteiger partial charge on any atom is -0.111 e. The lowest BCUT2D eigenvalue weighted by Crippen LogP contribution is -2.05. The summed E-state index contributed by atoms with van der Waals surface area (Å²) in [5.74, 6) is 0.740. The summed E-state index contributed by atoms with van der Waals surface area (Å²) in [4.78, 5) is 0. The molecule has 0 fully saturated rings. The van der Waals surface area contributed by atoms with Crippen LogP contribution in [0.15, 0.2) is 116 Å². The van der Waals surface area contributed by atoms with Crippen molar-refractivity contribution in [3.05, 3.63) is 116 Å². The number of hydrogen-bond acceptors (Lipinski definition) is 0. The second kappa shape index (κ2) is 16.5. The Bertz CT molecular complexity index is 1080. The van der Waals surface area contributed by atoms with E-state index in [4.69, 9.17) is 47.1 Å². The summed E-state index contributed by atoms with van der Waals surface area (Å²) in [7, 11) is 36.8. The Morgan fingerprint density at radius 3 is 1.81 bits per heavy atom. The minimum absolute atomic E-state index is 0.184. The second-order valence-corrected chi connectivity index (χ2v) is 9.18. The predicted molar refractivity (Wildman–Crippen MR) is 168 cm³/mol. The van der Waals surface area contributed by atoms with E-state index in [1.54, 1.807) is 19.9 Å². The molecule has 0 aromatic rings. The fourth-order valence-electron chi connectivity index (χ4n) is 3.05. The van der Waals surface area contributed by atoms with E-state index in [-0.39, 0.29) is 33.3 Å². The first-order chi connectivity index (χ1) is 16.7. The molecular formula is C30H36B6. The van der Waals surface area contributed by atoms with Gasteiger partial charge in [0.1, 0.15) is 47.1 Å². The lowest BCUT2D eigenvalue weighted by Gasteiger charge is -2.19. The molecule has 0 rings (SSSR count). The normalized spacial score (nSPS) is 17.4. The van der Waals surface area contributed by atoms with Gasteiger partial charge in [0.05, 0.1) is 0 Å². The van der Waals surface area contributed by atoms with Gasteiger partial charge in [0, 0.05) is 0 Å². The monoisotopic (exact) mass is 462 g/mol. The molecule has 0 amide bonds. The third kappa shape index (κ3) is 10.4. The Morgan fingerprint density at radius 1 is 0.722 bits per heavy atom. The average Bonchev–Trinajstić information content (AvgIpc) is 2.86. The first kappa shape index (κ1) is 33.8. The fraction of sp³-hybridized carbons (Fsp3) is 0.333. The van der Waals surface area contributed by atoms with E-state index in [1.807, 2.05) is 26.0 Å². The molecule has 0 aliphatic carbocycles. The fourth-order valence-corrected chi connectivity index (χ4v) is 3.05. The van der Waals surface area contributed by atoms with Crippen LogP contribution in [0.1, 0.15) is 55.4 Å². The van der Waals surface area contributed by atoms with Crippen molar-refractivity contribution in [1.82, 2.24) is 0 Å². The topological polar surface area (TPSA) is 0 Å². The average molecular weight is 461 g/mol. The van der Waals surface area contributed by atoms with Crippen LogP contribution in [-0.4, -0.2) is 47.1 Å². The van der Waals surface area contributed by atoms with Crippen LogP contribution in [0.25, 0.3) is 0 Å². The molecule has 174 valence electrons. The highest BCUT2D eigenvalue weighted by molar-refractivity contribution is 6.45. The molecule has 0 heterocycles. The molecule has 0 saturated carbocycles. The van der Waals surface area contributed by atoms with Crippen LogP contribution in [-0.2, 0) is 0 Å². The summed E-state index contributed by atoms with van der Waals surface area (Å²) in [5, 5.41) is 0. The van der Waals surface area contributed by atoms with Gasteiger partial charge in [0.2, 0.25) is 0 Å². The zero-order chi connectivity index (χ0) is 28.2. The molecule has 0 saturated heterocycles. The maximum Gasteiger partial charge on any atom is 0.113 e. The molecule has 36 heavy (non-hydrogen) atoms. The number of hydrogen-bond donors (Lipinski definition) is 0. The first-order valence-corrected chi connectivity index (χ1v) is 12.2. The Hall–Kier alpha value is -2.21. The summed E-state index contributed by atoms with van der Waals surface area (Å²) < 4.78 is 0. The maximum atomic E-state index is 6.30. The van der Waals surface area contributed by atoms with Crippen LogP contribution < -0.4 is 0 Å². The highest BCUT2D eigenvalue weighted by Gasteiger charge is 2.09. The largest absolute Gasteiger partial charge is 0.113 e. The van der Waals surface area contributed by atoms with Crippen molar-refractivity contribution in [2.24, 2.45) is 11.8 Å². The second-order valence-electron chi connectivity index (χ2n) is 9.18. The molecule has 0 spiro atoms. The molecule has 0 aliphatic heterocycles. The number of rotatable bonds is 11. The van der Waals surface area contributed by atoms with Crippen LogP contribution in [0.4, 0.5) is 0 Å². The number of allylic oxidation sites excluding steroid dienone is 19. The highest BCUT2D eigenvalue weighted by atomic mass is 14.1. The van der Waals surface area contributed by atoms with E-state index >= 15 is 0 Å². The minimum atomic E-state index is 0.184. The van der Waals surface area contributed by atoms with E-state index in [0.717, 1.165) is 5.57 Å². The molecule has 0 bridgehead atoms. The summed E-state index contributed by atoms with van der Waals surface area (Å²) in [6, 6.07) is 0. The van der Waals surface area contributed by atoms with Crippen LogP contribution in [0.2, 0.25) is 0 Å². The van der Waals surface area contributed by atoms with Gasteiger partial charge >= 0.3 is 0 Å². The Labute approximate surface area is 229 Å². The molecule has 0 aromatic heterocycles. The molecule has 0 aromatic carbocycles. The van der Waals surface area contributed by atoms with Crippen LogP contribution >= 0.6 is 0 Å². The lowest BCUT2D eigenvalue weighted by molar-refractivity contribution is 0.827. The molecule has 1 atom stereocenters. The Balaban J connectivity index is 5.99. The molecule has 6 heteroatoms. The predicted octanol–water partition coefficient (Wildman–Crippen LogP) is 6.40. The first-order valence-electron chi connectivity index (χ1n) is 12.2. The van der Waals surface area contributed by atoms with Crippen LogP contribution in [0, 0.1) is 11.8 Å². The molecule has 0 nitrogen and oxygen atoms in total. The van der Waals surface area contributed by atoms with Crippen molar-refractivity contribution < 1.29 is 0 Å². The lowest BCUT2D eigenvalue weighted by atomic mass is 9.62. The molecule has 0 unspecified atom stereocenters. The highest BCUT2D eigenvalue weighted by Crippen LogP contribution is 2.25. The van der Waals surface area contributed by atoms with Gasteiger partial charge < -0.3 is 0 Å². The van der Waals surface area contributed by atoms with Crippen molar-refractivity contribution in [1.29, 1.82) is 0 Å². The van der Waals surface area contributed by atoms with Gasteiger partial charge in [-0.2, -0.15) is 0 Å². The molecule has 0 N–H and O–H groups in total. The van der Waals surface area contributed by atoms with Crippen molar-refractivity contribution in [3.63, 3.8) is 0 Å². The molecule has 12 radical (unpaired) electrons. The van der Waals surface area contributed by atoms with E-state index in [0.29, 0.717) is 22.5 Å².